The average Bonchev–Trinajstić information content (AvgIpc) is 2.16. The van der Waals surface area contributed by atoms with Crippen LogP contribution in [0.5, 0.6) is 5.88 Å². The van der Waals surface area contributed by atoms with Gasteiger partial charge in [-0.15, -0.1) is 0 Å². The van der Waals surface area contributed by atoms with Gasteiger partial charge in [0.1, 0.15) is 0 Å². The van der Waals surface area contributed by atoms with E-state index in [1.807, 2.05) is 0 Å². The zero-order chi connectivity index (χ0) is 9.84. The maximum absolute atomic E-state index is 8.88. The lowest BCUT2D eigenvalue weighted by molar-refractivity contribution is 0.263. The van der Waals surface area contributed by atoms with E-state index in [-0.39, 0.29) is 6.61 Å². The topological polar surface area (TPSA) is 68.4 Å². The molecule has 4 nitrogen and oxygen atoms in total. The van der Waals surface area contributed by atoms with E-state index >= 15 is 0 Å². The average molecular weight is 247 g/mol. The summed E-state index contributed by atoms with van der Waals surface area (Å²) in [5.74, 6) is 0.449. The van der Waals surface area contributed by atoms with E-state index in [1.165, 1.54) is 7.11 Å². The Morgan fingerprint density at radius 1 is 1.77 bits per heavy atom. The molecule has 3 N–H and O–H groups in total. The molecule has 0 saturated carbocycles. The summed E-state index contributed by atoms with van der Waals surface area (Å²) in [6, 6.07) is 1.33. The number of aliphatic hydroxyl groups excluding tert-OH is 1. The molecule has 1 unspecified atom stereocenters. The molecule has 1 aromatic rings. The number of halogens is 1. The van der Waals surface area contributed by atoms with E-state index in [9.17, 15) is 0 Å². The van der Waals surface area contributed by atoms with Gasteiger partial charge >= 0.3 is 0 Å². The van der Waals surface area contributed by atoms with Crippen molar-refractivity contribution in [3.05, 3.63) is 22.3 Å². The molecule has 0 bridgehead atoms. The number of rotatable bonds is 3. The molecule has 72 valence electrons. The number of methoxy groups -OCH3 is 1. The number of aliphatic hydroxyl groups is 1. The highest BCUT2D eigenvalue weighted by molar-refractivity contribution is 9.10. The second kappa shape index (κ2) is 4.55. The number of ether oxygens (including phenoxy) is 1. The summed E-state index contributed by atoms with van der Waals surface area (Å²) in [5, 5.41) is 8.88. The van der Waals surface area contributed by atoms with Gasteiger partial charge in [0, 0.05) is 16.2 Å². The van der Waals surface area contributed by atoms with Crippen LogP contribution >= 0.6 is 15.9 Å². The summed E-state index contributed by atoms with van der Waals surface area (Å²) in [6.45, 7) is -0.130. The van der Waals surface area contributed by atoms with Gasteiger partial charge in [0.05, 0.1) is 19.8 Å². The zero-order valence-electron chi connectivity index (χ0n) is 7.20. The van der Waals surface area contributed by atoms with Gasteiger partial charge in [-0.3, -0.25) is 0 Å². The molecule has 1 aromatic heterocycles. The van der Waals surface area contributed by atoms with Crippen molar-refractivity contribution >= 4 is 15.9 Å². The number of aromatic nitrogens is 1. The van der Waals surface area contributed by atoms with Crippen LogP contribution in [0.4, 0.5) is 0 Å². The van der Waals surface area contributed by atoms with Crippen LogP contribution in [-0.4, -0.2) is 23.8 Å². The number of pyridine rings is 1. The van der Waals surface area contributed by atoms with E-state index in [0.29, 0.717) is 11.4 Å². The normalized spacial score (nSPS) is 12.6. The minimum Gasteiger partial charge on any atom is -0.481 e. The largest absolute Gasteiger partial charge is 0.481 e. The SMILES string of the molecule is COc1ncc(Br)cc1C(N)CO. The number of nitrogens with zero attached hydrogens (tertiary/aromatic N) is 1. The smallest absolute Gasteiger partial charge is 0.217 e. The van der Waals surface area contributed by atoms with Crippen LogP contribution in [0.1, 0.15) is 11.6 Å². The number of nitrogens with two attached hydrogens (primary N) is 1. The van der Waals surface area contributed by atoms with Gasteiger partial charge in [-0.1, -0.05) is 0 Å². The van der Waals surface area contributed by atoms with Gasteiger partial charge in [-0.05, 0) is 22.0 Å². The van der Waals surface area contributed by atoms with Crippen molar-refractivity contribution in [1.82, 2.24) is 4.98 Å². The Kier molecular flexibility index (Phi) is 3.65. The van der Waals surface area contributed by atoms with E-state index in [1.54, 1.807) is 12.3 Å². The summed E-state index contributed by atoms with van der Waals surface area (Å²) in [5.41, 5.74) is 6.34. The summed E-state index contributed by atoms with van der Waals surface area (Å²) in [6.07, 6.45) is 1.62. The molecule has 0 aromatic carbocycles. The van der Waals surface area contributed by atoms with Crippen LogP contribution in [0.2, 0.25) is 0 Å². The van der Waals surface area contributed by atoms with Gasteiger partial charge in [0.25, 0.3) is 0 Å². The fraction of sp³-hybridized carbons (Fsp3) is 0.375. The van der Waals surface area contributed by atoms with Crippen LogP contribution in [0, 0.1) is 0 Å². The summed E-state index contributed by atoms with van der Waals surface area (Å²) in [4.78, 5) is 4.01. The van der Waals surface area contributed by atoms with Crippen molar-refractivity contribution in [2.24, 2.45) is 5.73 Å². The van der Waals surface area contributed by atoms with Crippen LogP contribution in [0.3, 0.4) is 0 Å². The Morgan fingerprint density at radius 3 is 3.00 bits per heavy atom. The third kappa shape index (κ3) is 2.40. The van der Waals surface area contributed by atoms with E-state index < -0.39 is 6.04 Å². The molecule has 1 atom stereocenters. The van der Waals surface area contributed by atoms with E-state index in [4.69, 9.17) is 15.6 Å². The highest BCUT2D eigenvalue weighted by atomic mass is 79.9. The van der Waals surface area contributed by atoms with E-state index in [2.05, 4.69) is 20.9 Å². The molecule has 13 heavy (non-hydrogen) atoms. The van der Waals surface area contributed by atoms with Crippen LogP contribution in [-0.2, 0) is 0 Å². The monoisotopic (exact) mass is 246 g/mol. The second-order valence-corrected chi connectivity index (χ2v) is 3.46. The van der Waals surface area contributed by atoms with Gasteiger partial charge in [-0.25, -0.2) is 4.98 Å². The first kappa shape index (κ1) is 10.4. The number of hydrogen-bond donors (Lipinski definition) is 2. The second-order valence-electron chi connectivity index (χ2n) is 2.54. The lowest BCUT2D eigenvalue weighted by Gasteiger charge is -2.12. The first-order chi connectivity index (χ1) is 6.19. The molecular weight excluding hydrogens is 236 g/mol. The summed E-state index contributed by atoms with van der Waals surface area (Å²) in [7, 11) is 1.52. The maximum atomic E-state index is 8.88. The minimum atomic E-state index is -0.458. The lowest BCUT2D eigenvalue weighted by Crippen LogP contribution is -2.16. The molecule has 0 aliphatic rings. The van der Waals surface area contributed by atoms with Crippen molar-refractivity contribution < 1.29 is 9.84 Å². The van der Waals surface area contributed by atoms with Crippen molar-refractivity contribution in [1.29, 1.82) is 0 Å². The van der Waals surface area contributed by atoms with Gasteiger partial charge in [-0.2, -0.15) is 0 Å². The van der Waals surface area contributed by atoms with E-state index in [0.717, 1.165) is 4.47 Å². The quantitative estimate of drug-likeness (QED) is 0.830. The first-order valence-corrected chi connectivity index (χ1v) is 4.54. The lowest BCUT2D eigenvalue weighted by atomic mass is 10.1. The Morgan fingerprint density at radius 2 is 2.46 bits per heavy atom. The third-order valence-corrected chi connectivity index (χ3v) is 2.07. The molecule has 0 aliphatic heterocycles. The summed E-state index contributed by atoms with van der Waals surface area (Å²) >= 11 is 3.27. The first-order valence-electron chi connectivity index (χ1n) is 3.75. The Bertz CT molecular complexity index is 293. The molecule has 1 heterocycles. The highest BCUT2D eigenvalue weighted by Crippen LogP contribution is 2.24. The molecule has 0 aliphatic carbocycles. The van der Waals surface area contributed by atoms with Gasteiger partial charge in [0.2, 0.25) is 5.88 Å². The molecule has 0 spiro atoms. The maximum Gasteiger partial charge on any atom is 0.217 e. The van der Waals surface area contributed by atoms with Crippen LogP contribution < -0.4 is 10.5 Å². The highest BCUT2D eigenvalue weighted by Gasteiger charge is 2.12. The molecule has 0 amide bonds. The molecule has 0 fully saturated rings. The Balaban J connectivity index is 3.07. The minimum absolute atomic E-state index is 0.130. The number of hydrogen-bond acceptors (Lipinski definition) is 4. The van der Waals surface area contributed by atoms with Gasteiger partial charge < -0.3 is 15.6 Å². The predicted molar refractivity (Wildman–Crippen MR) is 52.5 cm³/mol. The van der Waals surface area contributed by atoms with Crippen molar-refractivity contribution in [2.75, 3.05) is 13.7 Å². The Labute approximate surface area is 84.9 Å². The van der Waals surface area contributed by atoms with Crippen molar-refractivity contribution in [3.63, 3.8) is 0 Å². The van der Waals surface area contributed by atoms with Gasteiger partial charge in [0.15, 0.2) is 0 Å². The molecule has 1 rings (SSSR count). The predicted octanol–water partition coefficient (Wildman–Crippen LogP) is 0.845. The molecule has 0 radical (unpaired) electrons. The van der Waals surface area contributed by atoms with Crippen molar-refractivity contribution in [3.8, 4) is 5.88 Å². The standard InChI is InChI=1S/C8H11BrN2O2/c1-13-8-6(7(10)4-12)2-5(9)3-11-8/h2-3,7,12H,4,10H2,1H3. The summed E-state index contributed by atoms with van der Waals surface area (Å²) < 4.78 is 5.81. The Hall–Kier alpha value is -0.650. The molecule has 5 heteroatoms. The third-order valence-electron chi connectivity index (χ3n) is 1.63. The van der Waals surface area contributed by atoms with Crippen LogP contribution in [0.25, 0.3) is 0 Å². The van der Waals surface area contributed by atoms with Crippen LogP contribution in [0.15, 0.2) is 16.7 Å². The fourth-order valence-corrected chi connectivity index (χ4v) is 1.33. The molecular formula is C8H11BrN2O2. The molecule has 0 saturated heterocycles. The van der Waals surface area contributed by atoms with Crippen molar-refractivity contribution in [2.45, 2.75) is 6.04 Å². The zero-order valence-corrected chi connectivity index (χ0v) is 8.78. The fourth-order valence-electron chi connectivity index (χ4n) is 0.977.